The highest BCUT2D eigenvalue weighted by Gasteiger charge is 2.25. The fourth-order valence-corrected chi connectivity index (χ4v) is 3.71. The molecule has 148 valence electrons. The van der Waals surface area contributed by atoms with Crippen LogP contribution in [0, 0.1) is 0 Å². The summed E-state index contributed by atoms with van der Waals surface area (Å²) in [7, 11) is 2.15. The molecule has 0 bridgehead atoms. The molecule has 0 aromatic heterocycles. The van der Waals surface area contributed by atoms with Gasteiger partial charge in [-0.1, -0.05) is 18.2 Å². The minimum absolute atomic E-state index is 0.0247. The van der Waals surface area contributed by atoms with E-state index in [2.05, 4.69) is 17.3 Å². The number of amides is 3. The van der Waals surface area contributed by atoms with E-state index < -0.39 is 0 Å². The normalized spacial score (nSPS) is 20.6. The van der Waals surface area contributed by atoms with Crippen molar-refractivity contribution in [1.82, 2.24) is 20.0 Å². The number of carbonyl (C=O) groups excluding carboxylic acids is 2. The summed E-state index contributed by atoms with van der Waals surface area (Å²) in [6, 6.07) is 9.89. The molecule has 2 aliphatic heterocycles. The molecule has 7 heteroatoms. The maximum atomic E-state index is 12.3. The zero-order chi connectivity index (χ0) is 19.1. The summed E-state index contributed by atoms with van der Waals surface area (Å²) in [6.07, 6.45) is 3.47. The molecule has 0 spiro atoms. The first kappa shape index (κ1) is 19.5. The summed E-state index contributed by atoms with van der Waals surface area (Å²) in [5.41, 5.74) is 0. The smallest absolute Gasteiger partial charge is 0.317 e. The van der Waals surface area contributed by atoms with Gasteiger partial charge in [-0.15, -0.1) is 0 Å². The van der Waals surface area contributed by atoms with Gasteiger partial charge in [-0.05, 0) is 45.0 Å². The average Bonchev–Trinajstić information content (AvgIpc) is 3.12. The summed E-state index contributed by atoms with van der Waals surface area (Å²) in [4.78, 5) is 30.5. The molecule has 27 heavy (non-hydrogen) atoms. The van der Waals surface area contributed by atoms with E-state index in [-0.39, 0.29) is 18.5 Å². The third-order valence-electron chi connectivity index (χ3n) is 5.45. The zero-order valence-electron chi connectivity index (χ0n) is 16.1. The van der Waals surface area contributed by atoms with Crippen molar-refractivity contribution in [1.29, 1.82) is 0 Å². The Morgan fingerprint density at radius 1 is 1.07 bits per heavy atom. The fourth-order valence-electron chi connectivity index (χ4n) is 3.71. The number of hydrogen-bond acceptors (Lipinski definition) is 4. The molecule has 2 fully saturated rings. The van der Waals surface area contributed by atoms with Crippen LogP contribution in [0.25, 0.3) is 0 Å². The maximum Gasteiger partial charge on any atom is 0.317 e. The van der Waals surface area contributed by atoms with E-state index in [1.54, 1.807) is 9.80 Å². The van der Waals surface area contributed by atoms with Gasteiger partial charge >= 0.3 is 6.03 Å². The van der Waals surface area contributed by atoms with E-state index in [0.29, 0.717) is 44.5 Å². The molecule has 3 rings (SSSR count). The molecule has 0 saturated carbocycles. The molecule has 0 radical (unpaired) electrons. The van der Waals surface area contributed by atoms with Crippen molar-refractivity contribution in [3.8, 4) is 5.75 Å². The van der Waals surface area contributed by atoms with Gasteiger partial charge in [-0.3, -0.25) is 4.79 Å². The van der Waals surface area contributed by atoms with E-state index >= 15 is 0 Å². The molecule has 3 amide bonds. The van der Waals surface area contributed by atoms with Crippen molar-refractivity contribution in [2.75, 3.05) is 52.9 Å². The van der Waals surface area contributed by atoms with Crippen LogP contribution < -0.4 is 10.1 Å². The number of nitrogens with zero attached hydrogens (tertiary/aromatic N) is 3. The third kappa shape index (κ3) is 5.60. The summed E-state index contributed by atoms with van der Waals surface area (Å²) >= 11 is 0. The van der Waals surface area contributed by atoms with Crippen LogP contribution in [0.3, 0.4) is 0 Å². The predicted molar refractivity (Wildman–Crippen MR) is 104 cm³/mol. The number of nitrogens with one attached hydrogen (secondary N) is 1. The highest BCUT2D eigenvalue weighted by molar-refractivity contribution is 5.79. The van der Waals surface area contributed by atoms with E-state index in [1.165, 1.54) is 12.8 Å². The fraction of sp³-hybridized carbons (Fsp3) is 0.600. The third-order valence-corrected chi connectivity index (χ3v) is 5.45. The predicted octanol–water partition coefficient (Wildman–Crippen LogP) is 1.40. The van der Waals surface area contributed by atoms with Crippen LogP contribution >= 0.6 is 0 Å². The number of benzene rings is 1. The van der Waals surface area contributed by atoms with Crippen LogP contribution in [0.2, 0.25) is 0 Å². The van der Waals surface area contributed by atoms with Gasteiger partial charge in [-0.25, -0.2) is 4.79 Å². The number of hydrogen-bond donors (Lipinski definition) is 1. The van der Waals surface area contributed by atoms with E-state index in [0.717, 1.165) is 13.0 Å². The van der Waals surface area contributed by atoms with E-state index in [9.17, 15) is 9.59 Å². The lowest BCUT2D eigenvalue weighted by atomic mass is 10.1. The van der Waals surface area contributed by atoms with Crippen LogP contribution in [0.5, 0.6) is 5.75 Å². The SMILES string of the molecule is CN1CCC[C@@H]1CCNC(=O)N1CCN(C(=O)COc2ccccc2)CC1. The van der Waals surface area contributed by atoms with Crippen molar-refractivity contribution in [2.45, 2.75) is 25.3 Å². The van der Waals surface area contributed by atoms with Crippen LogP contribution in [0.1, 0.15) is 19.3 Å². The second kappa shape index (κ2) is 9.60. The zero-order valence-corrected chi connectivity index (χ0v) is 16.1. The second-order valence-electron chi connectivity index (χ2n) is 7.27. The Balaban J connectivity index is 1.33. The summed E-state index contributed by atoms with van der Waals surface area (Å²) in [5, 5.41) is 3.02. The molecule has 1 N–H and O–H groups in total. The molecule has 2 heterocycles. The minimum Gasteiger partial charge on any atom is -0.484 e. The van der Waals surface area contributed by atoms with Crippen molar-refractivity contribution in [3.05, 3.63) is 30.3 Å². The summed E-state index contributed by atoms with van der Waals surface area (Å²) in [6.45, 7) is 4.12. The van der Waals surface area contributed by atoms with Crippen LogP contribution in [0.4, 0.5) is 4.79 Å². The first-order valence-corrected chi connectivity index (χ1v) is 9.82. The van der Waals surface area contributed by atoms with Crippen LogP contribution in [0.15, 0.2) is 30.3 Å². The van der Waals surface area contributed by atoms with Gasteiger partial charge in [0.25, 0.3) is 5.91 Å². The van der Waals surface area contributed by atoms with Crippen molar-refractivity contribution >= 4 is 11.9 Å². The summed E-state index contributed by atoms with van der Waals surface area (Å²) < 4.78 is 5.52. The maximum absolute atomic E-state index is 12.3. The first-order chi connectivity index (χ1) is 13.1. The van der Waals surface area contributed by atoms with Crippen LogP contribution in [-0.4, -0.2) is 85.6 Å². The highest BCUT2D eigenvalue weighted by Crippen LogP contribution is 2.17. The molecule has 0 unspecified atom stereocenters. The number of rotatable bonds is 6. The standard InChI is InChI=1S/C20H30N4O3/c1-22-11-5-6-17(22)9-10-21-20(26)24-14-12-23(13-15-24)19(25)16-27-18-7-3-2-4-8-18/h2-4,7-8,17H,5-6,9-16H2,1H3,(H,21,26)/t17-/m1/s1. The van der Waals surface area contributed by atoms with Crippen molar-refractivity contribution < 1.29 is 14.3 Å². The van der Waals surface area contributed by atoms with Gasteiger partial charge in [-0.2, -0.15) is 0 Å². The number of para-hydroxylation sites is 1. The van der Waals surface area contributed by atoms with Gasteiger partial charge in [0.05, 0.1) is 0 Å². The Hall–Kier alpha value is -2.28. The Bertz CT molecular complexity index is 617. The quantitative estimate of drug-likeness (QED) is 0.818. The van der Waals surface area contributed by atoms with Crippen molar-refractivity contribution in [3.63, 3.8) is 0 Å². The minimum atomic E-state index is -0.0387. The Morgan fingerprint density at radius 3 is 2.44 bits per heavy atom. The van der Waals surface area contributed by atoms with Crippen LogP contribution in [-0.2, 0) is 4.79 Å². The lowest BCUT2D eigenvalue weighted by Gasteiger charge is -2.34. The lowest BCUT2D eigenvalue weighted by molar-refractivity contribution is -0.134. The largest absolute Gasteiger partial charge is 0.484 e. The summed E-state index contributed by atoms with van der Waals surface area (Å²) in [5.74, 6) is 0.653. The second-order valence-corrected chi connectivity index (χ2v) is 7.27. The highest BCUT2D eigenvalue weighted by atomic mass is 16.5. The molecule has 2 aliphatic rings. The van der Waals surface area contributed by atoms with Gasteiger partial charge in [0.2, 0.25) is 0 Å². The molecule has 7 nitrogen and oxygen atoms in total. The number of likely N-dealkylation sites (tertiary alicyclic amines) is 1. The van der Waals surface area contributed by atoms with Gasteiger partial charge in [0, 0.05) is 38.8 Å². The molecule has 2 saturated heterocycles. The average molecular weight is 374 g/mol. The van der Waals surface area contributed by atoms with E-state index in [1.807, 2.05) is 30.3 Å². The van der Waals surface area contributed by atoms with E-state index in [4.69, 9.17) is 4.74 Å². The molecular weight excluding hydrogens is 344 g/mol. The number of carbonyl (C=O) groups is 2. The molecule has 0 aliphatic carbocycles. The van der Waals surface area contributed by atoms with Gasteiger partial charge in [0.15, 0.2) is 6.61 Å². The Morgan fingerprint density at radius 2 is 1.78 bits per heavy atom. The topological polar surface area (TPSA) is 65.1 Å². The van der Waals surface area contributed by atoms with Gasteiger partial charge in [0.1, 0.15) is 5.75 Å². The number of urea groups is 1. The Kier molecular flexibility index (Phi) is 6.92. The number of ether oxygens (including phenoxy) is 1. The Labute approximate surface area is 161 Å². The molecule has 1 aromatic rings. The van der Waals surface area contributed by atoms with Crippen molar-refractivity contribution in [2.24, 2.45) is 0 Å². The first-order valence-electron chi connectivity index (χ1n) is 9.82. The number of piperazine rings is 1. The molecular formula is C20H30N4O3. The monoisotopic (exact) mass is 374 g/mol. The lowest BCUT2D eigenvalue weighted by Crippen LogP contribution is -2.54. The molecule has 1 atom stereocenters. The molecule has 1 aromatic carbocycles. The van der Waals surface area contributed by atoms with Gasteiger partial charge < -0.3 is 24.8 Å².